The highest BCUT2D eigenvalue weighted by molar-refractivity contribution is 6.08. The van der Waals surface area contributed by atoms with Crippen molar-refractivity contribution in [2.75, 3.05) is 27.4 Å². The topological polar surface area (TPSA) is 79.2 Å². The number of benzene rings is 3. The van der Waals surface area contributed by atoms with Crippen LogP contribution in [0.1, 0.15) is 19.3 Å². The first kappa shape index (κ1) is 23.3. The van der Waals surface area contributed by atoms with Gasteiger partial charge in [0.25, 0.3) is 0 Å². The molecule has 0 unspecified atom stereocenters. The van der Waals surface area contributed by atoms with E-state index in [0.29, 0.717) is 30.5 Å². The number of nitrogens with zero attached hydrogens (tertiary/aromatic N) is 1. The largest absolute Gasteiger partial charge is 0.494 e. The van der Waals surface area contributed by atoms with Gasteiger partial charge in [0.1, 0.15) is 12.3 Å². The molecule has 0 radical (unpaired) electrons. The number of carboxylic acids is 1. The normalized spacial score (nSPS) is 11.0. The van der Waals surface area contributed by atoms with Crippen LogP contribution in [0.15, 0.2) is 60.7 Å². The van der Waals surface area contributed by atoms with E-state index >= 15 is 0 Å². The van der Waals surface area contributed by atoms with E-state index in [4.69, 9.17) is 18.9 Å². The Hall–Kier alpha value is -3.87. The molecule has 178 valence electrons. The van der Waals surface area contributed by atoms with Crippen LogP contribution in [-0.4, -0.2) is 43.1 Å². The zero-order valence-electron chi connectivity index (χ0n) is 19.5. The molecule has 0 bridgehead atoms. The first-order valence-corrected chi connectivity index (χ1v) is 11.3. The molecule has 4 aromatic rings. The maximum absolute atomic E-state index is 11.4. The Labute approximate surface area is 198 Å². The highest BCUT2D eigenvalue weighted by Gasteiger charge is 2.13. The quantitative estimate of drug-likeness (QED) is 0.279. The van der Waals surface area contributed by atoms with Crippen LogP contribution in [0.5, 0.6) is 23.0 Å². The highest BCUT2D eigenvalue weighted by Crippen LogP contribution is 2.36. The Bertz CT molecular complexity index is 1280. The van der Waals surface area contributed by atoms with Crippen LogP contribution in [0.3, 0.4) is 0 Å². The van der Waals surface area contributed by atoms with Gasteiger partial charge in [-0.15, -0.1) is 0 Å². The highest BCUT2D eigenvalue weighted by atomic mass is 16.5. The summed E-state index contributed by atoms with van der Waals surface area (Å²) < 4.78 is 24.3. The van der Waals surface area contributed by atoms with E-state index in [9.17, 15) is 9.90 Å². The fraction of sp³-hybridized carbons (Fsp3) is 0.296. The molecule has 0 saturated carbocycles. The summed E-state index contributed by atoms with van der Waals surface area (Å²) in [7, 11) is 3.20. The van der Waals surface area contributed by atoms with Gasteiger partial charge < -0.3 is 28.6 Å². The molecule has 0 atom stereocenters. The Balaban J connectivity index is 1.31. The molecule has 0 spiro atoms. The molecule has 0 aliphatic rings. The van der Waals surface area contributed by atoms with Crippen LogP contribution < -0.4 is 18.9 Å². The first-order chi connectivity index (χ1) is 16.6. The van der Waals surface area contributed by atoms with Gasteiger partial charge in [0, 0.05) is 22.4 Å². The molecule has 7 heteroatoms. The Morgan fingerprint density at radius 2 is 1.53 bits per heavy atom. The molecule has 4 rings (SSSR count). The van der Waals surface area contributed by atoms with Crippen LogP contribution in [0, 0.1) is 0 Å². The summed E-state index contributed by atoms with van der Waals surface area (Å²) >= 11 is 0. The number of fused-ring (bicyclic) bond motifs is 3. The Morgan fingerprint density at radius 3 is 2.29 bits per heavy atom. The summed E-state index contributed by atoms with van der Waals surface area (Å²) in [6.45, 7) is 1.06. The third-order valence-corrected chi connectivity index (χ3v) is 5.72. The van der Waals surface area contributed by atoms with Crippen molar-refractivity contribution in [3.8, 4) is 23.0 Å². The third-order valence-electron chi connectivity index (χ3n) is 5.72. The number of carbonyl (C=O) groups is 1. The van der Waals surface area contributed by atoms with Crippen molar-refractivity contribution in [1.29, 1.82) is 0 Å². The van der Waals surface area contributed by atoms with Crippen LogP contribution in [0.4, 0.5) is 0 Å². The molecule has 0 saturated heterocycles. The minimum atomic E-state index is -0.872. The van der Waals surface area contributed by atoms with Crippen molar-refractivity contribution in [2.24, 2.45) is 0 Å². The lowest BCUT2D eigenvalue weighted by Gasteiger charge is -2.13. The molecule has 34 heavy (non-hydrogen) atoms. The van der Waals surface area contributed by atoms with Gasteiger partial charge in [-0.1, -0.05) is 24.3 Å². The van der Waals surface area contributed by atoms with Gasteiger partial charge in [-0.05, 0) is 49.6 Å². The zero-order valence-corrected chi connectivity index (χ0v) is 19.5. The minimum Gasteiger partial charge on any atom is -0.494 e. The fourth-order valence-corrected chi connectivity index (χ4v) is 4.15. The number of unbranched alkanes of at least 4 members (excludes halogenated alkanes) is 2. The average Bonchev–Trinajstić information content (AvgIpc) is 3.15. The SMILES string of the molecule is COc1cccc(OCCCCCOc2ccc3c4ccccc4n(CC(=O)O)c3c2)c1OC. The standard InChI is InChI=1S/C27H29NO6/c1-31-24-11-8-12-25(27(24)32-2)34-16-7-3-6-15-33-19-13-14-21-20-9-4-5-10-22(20)28(18-26(29)30)23(21)17-19/h4-5,8-14,17H,3,6-7,15-16,18H2,1-2H3,(H,29,30). The molecule has 3 aromatic carbocycles. The molecular weight excluding hydrogens is 434 g/mol. The van der Waals surface area contributed by atoms with Gasteiger partial charge >= 0.3 is 5.97 Å². The number of methoxy groups -OCH3 is 2. The molecule has 7 nitrogen and oxygen atoms in total. The summed E-state index contributed by atoms with van der Waals surface area (Å²) in [5.74, 6) is 1.78. The number of aromatic nitrogens is 1. The van der Waals surface area contributed by atoms with Crippen molar-refractivity contribution in [1.82, 2.24) is 4.57 Å². The van der Waals surface area contributed by atoms with Crippen molar-refractivity contribution < 1.29 is 28.8 Å². The van der Waals surface area contributed by atoms with Crippen LogP contribution >= 0.6 is 0 Å². The van der Waals surface area contributed by atoms with Crippen molar-refractivity contribution in [2.45, 2.75) is 25.8 Å². The number of carboxylic acid groups (broad SMARTS) is 1. The summed E-state index contributed by atoms with van der Waals surface area (Å²) in [6.07, 6.45) is 2.72. The van der Waals surface area contributed by atoms with E-state index in [1.165, 1.54) is 0 Å². The predicted octanol–water partition coefficient (Wildman–Crippen LogP) is 5.52. The molecule has 0 aliphatic carbocycles. The van der Waals surface area contributed by atoms with Gasteiger partial charge in [-0.2, -0.15) is 0 Å². The number of ether oxygens (including phenoxy) is 4. The number of hydrogen-bond acceptors (Lipinski definition) is 5. The summed E-state index contributed by atoms with van der Waals surface area (Å²) in [6, 6.07) is 19.3. The van der Waals surface area contributed by atoms with Gasteiger partial charge in [0.05, 0.1) is 33.0 Å². The zero-order chi connectivity index (χ0) is 23.9. The molecule has 0 fully saturated rings. The maximum atomic E-state index is 11.4. The van der Waals surface area contributed by atoms with E-state index in [-0.39, 0.29) is 6.54 Å². The third kappa shape index (κ3) is 5.03. The van der Waals surface area contributed by atoms with Crippen molar-refractivity contribution in [3.63, 3.8) is 0 Å². The number of rotatable bonds is 12. The van der Waals surface area contributed by atoms with Crippen LogP contribution in [-0.2, 0) is 11.3 Å². The lowest BCUT2D eigenvalue weighted by atomic mass is 10.1. The second kappa shape index (κ2) is 10.8. The van der Waals surface area contributed by atoms with Gasteiger partial charge in [-0.3, -0.25) is 4.79 Å². The average molecular weight is 464 g/mol. The van der Waals surface area contributed by atoms with E-state index < -0.39 is 5.97 Å². The minimum absolute atomic E-state index is 0.0917. The second-order valence-electron chi connectivity index (χ2n) is 7.93. The van der Waals surface area contributed by atoms with E-state index in [2.05, 4.69) is 0 Å². The molecular formula is C27H29NO6. The maximum Gasteiger partial charge on any atom is 0.323 e. The lowest BCUT2D eigenvalue weighted by Crippen LogP contribution is -2.08. The van der Waals surface area contributed by atoms with Crippen molar-refractivity contribution in [3.05, 3.63) is 60.7 Å². The monoisotopic (exact) mass is 463 g/mol. The molecule has 0 amide bonds. The predicted molar refractivity (Wildman–Crippen MR) is 131 cm³/mol. The number of para-hydroxylation sites is 2. The van der Waals surface area contributed by atoms with E-state index in [1.54, 1.807) is 14.2 Å². The summed E-state index contributed by atoms with van der Waals surface area (Å²) in [5, 5.41) is 11.4. The summed E-state index contributed by atoms with van der Waals surface area (Å²) in [5.41, 5.74) is 1.77. The molecule has 1 aromatic heterocycles. The van der Waals surface area contributed by atoms with Crippen LogP contribution in [0.25, 0.3) is 21.8 Å². The van der Waals surface area contributed by atoms with Crippen LogP contribution in [0.2, 0.25) is 0 Å². The second-order valence-corrected chi connectivity index (χ2v) is 7.93. The Morgan fingerprint density at radius 1 is 0.794 bits per heavy atom. The summed E-state index contributed by atoms with van der Waals surface area (Å²) in [4.78, 5) is 11.4. The Kier molecular flexibility index (Phi) is 7.42. The fourth-order valence-electron chi connectivity index (χ4n) is 4.15. The van der Waals surface area contributed by atoms with Gasteiger partial charge in [-0.25, -0.2) is 0 Å². The van der Waals surface area contributed by atoms with E-state index in [1.807, 2.05) is 65.2 Å². The van der Waals surface area contributed by atoms with Gasteiger partial charge in [0.2, 0.25) is 5.75 Å². The molecule has 1 heterocycles. The number of hydrogen-bond donors (Lipinski definition) is 1. The molecule has 1 N–H and O–H groups in total. The van der Waals surface area contributed by atoms with Gasteiger partial charge in [0.15, 0.2) is 11.5 Å². The smallest absolute Gasteiger partial charge is 0.323 e. The first-order valence-electron chi connectivity index (χ1n) is 11.3. The van der Waals surface area contributed by atoms with E-state index in [0.717, 1.165) is 46.8 Å². The van der Waals surface area contributed by atoms with Crippen molar-refractivity contribution >= 4 is 27.8 Å². The molecule has 0 aliphatic heterocycles. The lowest BCUT2D eigenvalue weighted by molar-refractivity contribution is -0.137. The number of aliphatic carboxylic acids is 1.